The van der Waals surface area contributed by atoms with Gasteiger partial charge in [-0.1, -0.05) is 6.58 Å². The van der Waals surface area contributed by atoms with E-state index in [-0.39, 0.29) is 6.61 Å². The predicted molar refractivity (Wildman–Crippen MR) is 71.7 cm³/mol. The minimum Gasteiger partial charge on any atom is -0.464 e. The van der Waals surface area contributed by atoms with Gasteiger partial charge in [0.25, 0.3) is 0 Å². The number of hydrogen-bond acceptors (Lipinski definition) is 4. The topological polar surface area (TPSA) is 55.8 Å². The van der Waals surface area contributed by atoms with Gasteiger partial charge in [-0.2, -0.15) is 0 Å². The summed E-state index contributed by atoms with van der Waals surface area (Å²) in [4.78, 5) is 25.7. The molecule has 5 nitrogen and oxygen atoms in total. The minimum atomic E-state index is -1.13. The Balaban J connectivity index is 2.97. The van der Waals surface area contributed by atoms with Gasteiger partial charge in [-0.15, -0.1) is 0 Å². The van der Waals surface area contributed by atoms with Crippen molar-refractivity contribution in [2.75, 3.05) is 13.2 Å². The Morgan fingerprint density at radius 2 is 2.00 bits per heavy atom. The molecule has 5 heteroatoms. The van der Waals surface area contributed by atoms with Crippen molar-refractivity contribution in [1.82, 2.24) is 4.90 Å². The number of rotatable bonds is 2. The molecule has 1 atom stereocenters. The largest absolute Gasteiger partial charge is 0.464 e. The third-order valence-electron chi connectivity index (χ3n) is 3.15. The lowest BCUT2D eigenvalue weighted by Crippen LogP contribution is -2.53. The van der Waals surface area contributed by atoms with Gasteiger partial charge in [0.15, 0.2) is 5.54 Å². The van der Waals surface area contributed by atoms with E-state index in [0.717, 1.165) is 0 Å². The minimum absolute atomic E-state index is 0.268. The molecule has 0 N–H and O–H groups in total. The van der Waals surface area contributed by atoms with Gasteiger partial charge in [0.2, 0.25) is 0 Å². The van der Waals surface area contributed by atoms with E-state index in [0.29, 0.717) is 18.5 Å². The summed E-state index contributed by atoms with van der Waals surface area (Å²) in [5, 5.41) is 0. The van der Waals surface area contributed by atoms with Gasteiger partial charge in [-0.25, -0.2) is 9.59 Å². The molecule has 0 spiro atoms. The Morgan fingerprint density at radius 3 is 2.47 bits per heavy atom. The molecule has 0 saturated carbocycles. The van der Waals surface area contributed by atoms with Crippen LogP contribution in [0.2, 0.25) is 0 Å². The van der Waals surface area contributed by atoms with Gasteiger partial charge in [-0.3, -0.25) is 4.90 Å². The molecule has 0 aromatic heterocycles. The molecule has 1 amide bonds. The van der Waals surface area contributed by atoms with Crippen LogP contribution >= 0.6 is 0 Å². The molecule has 1 saturated heterocycles. The Bertz CT molecular complexity index is 397. The third-order valence-corrected chi connectivity index (χ3v) is 3.15. The van der Waals surface area contributed by atoms with Gasteiger partial charge in [0.05, 0.1) is 6.61 Å². The first-order valence-electron chi connectivity index (χ1n) is 6.49. The third kappa shape index (κ3) is 3.08. The van der Waals surface area contributed by atoms with Gasteiger partial charge in [-0.05, 0) is 46.6 Å². The van der Waals surface area contributed by atoms with E-state index in [1.165, 1.54) is 4.90 Å². The summed E-state index contributed by atoms with van der Waals surface area (Å²) < 4.78 is 10.4. The smallest absolute Gasteiger partial charge is 0.411 e. The van der Waals surface area contributed by atoms with Crippen LogP contribution in [0.1, 0.15) is 41.0 Å². The summed E-state index contributed by atoms with van der Waals surface area (Å²) in [6.45, 7) is 13.3. The van der Waals surface area contributed by atoms with Crippen LogP contribution in [0.15, 0.2) is 12.2 Å². The Labute approximate surface area is 114 Å². The summed E-state index contributed by atoms with van der Waals surface area (Å²) in [6.07, 6.45) is 0.0656. The van der Waals surface area contributed by atoms with Crippen LogP contribution in [-0.2, 0) is 14.3 Å². The monoisotopic (exact) mass is 269 g/mol. The van der Waals surface area contributed by atoms with Gasteiger partial charge >= 0.3 is 12.1 Å². The first-order chi connectivity index (χ1) is 8.63. The van der Waals surface area contributed by atoms with Crippen molar-refractivity contribution in [2.45, 2.75) is 52.2 Å². The normalized spacial score (nSPS) is 23.4. The highest BCUT2D eigenvalue weighted by Gasteiger charge is 2.51. The summed E-state index contributed by atoms with van der Waals surface area (Å²) >= 11 is 0. The van der Waals surface area contributed by atoms with E-state index >= 15 is 0 Å². The molecule has 1 unspecified atom stereocenters. The molecule has 0 aromatic carbocycles. The SMILES string of the molecule is C=C1CCN(C(=O)OC(C)(C)C)C1(C)C(=O)OCC. The number of amides is 1. The van der Waals surface area contributed by atoms with Gasteiger partial charge < -0.3 is 9.47 Å². The van der Waals surface area contributed by atoms with E-state index in [1.54, 1.807) is 34.6 Å². The van der Waals surface area contributed by atoms with Crippen molar-refractivity contribution in [3.05, 3.63) is 12.2 Å². The zero-order valence-corrected chi connectivity index (χ0v) is 12.4. The summed E-state index contributed by atoms with van der Waals surface area (Å²) in [6, 6.07) is 0. The number of likely N-dealkylation sites (tertiary alicyclic amines) is 1. The molecular weight excluding hydrogens is 246 g/mol. The molecule has 0 aliphatic carbocycles. The second-order valence-electron chi connectivity index (χ2n) is 5.78. The van der Waals surface area contributed by atoms with Crippen LogP contribution in [0.25, 0.3) is 0 Å². The van der Waals surface area contributed by atoms with E-state index in [1.807, 2.05) is 0 Å². The molecule has 0 bridgehead atoms. The second kappa shape index (κ2) is 5.23. The average molecular weight is 269 g/mol. The van der Waals surface area contributed by atoms with Crippen LogP contribution in [0, 0.1) is 0 Å². The lowest BCUT2D eigenvalue weighted by Gasteiger charge is -2.34. The van der Waals surface area contributed by atoms with E-state index in [4.69, 9.17) is 9.47 Å². The maximum Gasteiger partial charge on any atom is 0.411 e. The zero-order chi connectivity index (χ0) is 14.8. The standard InChI is InChI=1S/C14H23NO4/c1-7-18-11(16)14(6)10(2)8-9-15(14)12(17)19-13(3,4)5/h2,7-9H2,1,3-6H3. The van der Waals surface area contributed by atoms with Crippen LogP contribution in [-0.4, -0.2) is 41.3 Å². The summed E-state index contributed by atoms with van der Waals surface area (Å²) in [5.41, 5.74) is -1.05. The van der Waals surface area contributed by atoms with Crippen LogP contribution in [0.4, 0.5) is 4.79 Å². The fourth-order valence-electron chi connectivity index (χ4n) is 2.02. The highest BCUT2D eigenvalue weighted by Crippen LogP contribution is 2.35. The van der Waals surface area contributed by atoms with Gasteiger partial charge in [0.1, 0.15) is 5.60 Å². The number of carbonyl (C=O) groups excluding carboxylic acids is 2. The van der Waals surface area contributed by atoms with Crippen molar-refractivity contribution in [3.63, 3.8) is 0 Å². The lowest BCUT2D eigenvalue weighted by atomic mass is 9.94. The first kappa shape index (κ1) is 15.5. The fourth-order valence-corrected chi connectivity index (χ4v) is 2.02. The van der Waals surface area contributed by atoms with E-state index in [9.17, 15) is 9.59 Å². The Hall–Kier alpha value is -1.52. The number of ether oxygens (including phenoxy) is 2. The average Bonchev–Trinajstić information content (AvgIpc) is 2.55. The van der Waals surface area contributed by atoms with E-state index < -0.39 is 23.2 Å². The number of carbonyl (C=O) groups is 2. The highest BCUT2D eigenvalue weighted by atomic mass is 16.6. The zero-order valence-electron chi connectivity index (χ0n) is 12.4. The molecule has 108 valence electrons. The van der Waals surface area contributed by atoms with Crippen LogP contribution < -0.4 is 0 Å². The van der Waals surface area contributed by atoms with Gasteiger partial charge in [0, 0.05) is 6.54 Å². The molecule has 1 aliphatic rings. The molecule has 1 heterocycles. The molecule has 1 rings (SSSR count). The molecular formula is C14H23NO4. The summed E-state index contributed by atoms with van der Waals surface area (Å²) in [5.74, 6) is -0.455. The van der Waals surface area contributed by atoms with E-state index in [2.05, 4.69) is 6.58 Å². The van der Waals surface area contributed by atoms with Crippen molar-refractivity contribution in [2.24, 2.45) is 0 Å². The molecule has 1 fully saturated rings. The van der Waals surface area contributed by atoms with Crippen LogP contribution in [0.3, 0.4) is 0 Å². The molecule has 19 heavy (non-hydrogen) atoms. The maximum absolute atomic E-state index is 12.2. The van der Waals surface area contributed by atoms with Crippen molar-refractivity contribution < 1.29 is 19.1 Å². The summed E-state index contributed by atoms with van der Waals surface area (Å²) in [7, 11) is 0. The quantitative estimate of drug-likeness (QED) is 0.571. The Kier molecular flexibility index (Phi) is 4.28. The molecule has 1 aliphatic heterocycles. The van der Waals surface area contributed by atoms with Crippen molar-refractivity contribution in [1.29, 1.82) is 0 Å². The van der Waals surface area contributed by atoms with Crippen LogP contribution in [0.5, 0.6) is 0 Å². The predicted octanol–water partition coefficient (Wildman–Crippen LogP) is 2.51. The first-order valence-corrected chi connectivity index (χ1v) is 6.49. The second-order valence-corrected chi connectivity index (χ2v) is 5.78. The highest BCUT2D eigenvalue weighted by molar-refractivity contribution is 5.90. The molecule has 0 aromatic rings. The maximum atomic E-state index is 12.2. The fraction of sp³-hybridized carbons (Fsp3) is 0.714. The number of nitrogens with zero attached hydrogens (tertiary/aromatic N) is 1. The van der Waals surface area contributed by atoms with Crippen molar-refractivity contribution >= 4 is 12.1 Å². The Morgan fingerprint density at radius 1 is 1.42 bits per heavy atom. The number of hydrogen-bond donors (Lipinski definition) is 0. The van der Waals surface area contributed by atoms with Crippen molar-refractivity contribution in [3.8, 4) is 0 Å². The molecule has 0 radical (unpaired) electrons. The number of esters is 1. The lowest BCUT2D eigenvalue weighted by molar-refractivity contribution is -0.152.